The number of anilines is 1. The van der Waals surface area contributed by atoms with E-state index in [9.17, 15) is 9.59 Å². The molecule has 0 atom stereocenters. The molecule has 1 amide bonds. The number of aromatic nitrogens is 4. The van der Waals surface area contributed by atoms with Gasteiger partial charge in [0.15, 0.2) is 0 Å². The van der Waals surface area contributed by atoms with Crippen LogP contribution in [0, 0.1) is 0 Å². The molecule has 0 aliphatic carbocycles. The summed E-state index contributed by atoms with van der Waals surface area (Å²) in [5.74, 6) is -0.481. The number of hydrogen-bond donors (Lipinski definition) is 1. The molecule has 3 rings (SSSR count). The first-order valence-corrected chi connectivity index (χ1v) is 10.2. The Kier molecular flexibility index (Phi) is 7.20. The van der Waals surface area contributed by atoms with Crippen molar-refractivity contribution >= 4 is 40.9 Å². The summed E-state index contributed by atoms with van der Waals surface area (Å²) in [4.78, 5) is 24.0. The Morgan fingerprint density at radius 1 is 1.14 bits per heavy atom. The van der Waals surface area contributed by atoms with Gasteiger partial charge in [-0.05, 0) is 65.4 Å². The van der Waals surface area contributed by atoms with Gasteiger partial charge in [-0.15, -0.1) is 5.10 Å². The molecule has 0 radical (unpaired) electrons. The van der Waals surface area contributed by atoms with Crippen LogP contribution in [0.4, 0.5) is 5.69 Å². The number of thioether (sulfide) groups is 1. The second kappa shape index (κ2) is 10.0. The highest BCUT2D eigenvalue weighted by atomic mass is 35.5. The van der Waals surface area contributed by atoms with Gasteiger partial charge in [0, 0.05) is 10.7 Å². The van der Waals surface area contributed by atoms with E-state index in [4.69, 9.17) is 16.3 Å². The Bertz CT molecular complexity index is 976. The van der Waals surface area contributed by atoms with Crippen molar-refractivity contribution in [3.8, 4) is 5.69 Å². The zero-order valence-electron chi connectivity index (χ0n) is 15.5. The van der Waals surface area contributed by atoms with Gasteiger partial charge in [0.1, 0.15) is 0 Å². The maximum absolute atomic E-state index is 12.2. The second-order valence-electron chi connectivity index (χ2n) is 5.90. The quantitative estimate of drug-likeness (QED) is 0.429. The van der Waals surface area contributed by atoms with Crippen LogP contribution in [0.25, 0.3) is 5.69 Å². The molecule has 0 bridgehead atoms. The number of nitrogens with one attached hydrogen (secondary N) is 1. The zero-order valence-corrected chi connectivity index (χ0v) is 17.1. The van der Waals surface area contributed by atoms with E-state index in [-0.39, 0.29) is 17.6 Å². The lowest BCUT2D eigenvalue weighted by Gasteiger charge is -2.07. The van der Waals surface area contributed by atoms with Crippen LogP contribution in [0.3, 0.4) is 0 Å². The molecule has 0 saturated carbocycles. The standard InChI is InChI=1S/C19H18ClN5O3S/c1-2-11-28-18(27)13-3-7-15(8-4-13)21-17(26)12-29-19-22-23-24-25(19)16-9-5-14(20)6-10-16/h3-10H,2,11-12H2,1H3,(H,21,26). The number of hydrogen-bond acceptors (Lipinski definition) is 7. The number of carbonyl (C=O) groups is 2. The van der Waals surface area contributed by atoms with Crippen LogP contribution in [-0.4, -0.2) is 44.4 Å². The molecular formula is C19H18ClN5O3S. The van der Waals surface area contributed by atoms with Gasteiger partial charge >= 0.3 is 5.97 Å². The number of amides is 1. The van der Waals surface area contributed by atoms with Crippen LogP contribution in [0.2, 0.25) is 5.02 Å². The lowest BCUT2D eigenvalue weighted by Crippen LogP contribution is -2.15. The zero-order chi connectivity index (χ0) is 20.6. The van der Waals surface area contributed by atoms with Crippen molar-refractivity contribution in [2.45, 2.75) is 18.5 Å². The van der Waals surface area contributed by atoms with Crippen molar-refractivity contribution in [3.05, 3.63) is 59.1 Å². The van der Waals surface area contributed by atoms with Crippen LogP contribution in [0.15, 0.2) is 53.7 Å². The molecule has 0 aliphatic heterocycles. The topological polar surface area (TPSA) is 99.0 Å². The number of carbonyl (C=O) groups excluding carboxylic acids is 2. The molecule has 1 aromatic heterocycles. The highest BCUT2D eigenvalue weighted by Gasteiger charge is 2.12. The lowest BCUT2D eigenvalue weighted by molar-refractivity contribution is -0.113. The van der Waals surface area contributed by atoms with Crippen LogP contribution in [0.1, 0.15) is 23.7 Å². The summed E-state index contributed by atoms with van der Waals surface area (Å²) in [5, 5.41) is 15.4. The van der Waals surface area contributed by atoms with E-state index in [1.807, 2.05) is 6.92 Å². The van der Waals surface area contributed by atoms with Gasteiger partial charge in [-0.25, -0.2) is 4.79 Å². The Hall–Kier alpha value is -2.91. The smallest absolute Gasteiger partial charge is 0.338 e. The van der Waals surface area contributed by atoms with Gasteiger partial charge in [0.2, 0.25) is 11.1 Å². The fourth-order valence-corrected chi connectivity index (χ4v) is 3.12. The first-order chi connectivity index (χ1) is 14.1. The monoisotopic (exact) mass is 431 g/mol. The van der Waals surface area contributed by atoms with Crippen molar-refractivity contribution in [1.82, 2.24) is 20.2 Å². The minimum Gasteiger partial charge on any atom is -0.462 e. The molecule has 1 heterocycles. The second-order valence-corrected chi connectivity index (χ2v) is 7.28. The van der Waals surface area contributed by atoms with Gasteiger partial charge in [-0.3, -0.25) is 4.79 Å². The molecular weight excluding hydrogens is 414 g/mol. The average molecular weight is 432 g/mol. The Labute approximate surface area is 176 Å². The normalized spacial score (nSPS) is 10.6. The lowest BCUT2D eigenvalue weighted by atomic mass is 10.2. The summed E-state index contributed by atoms with van der Waals surface area (Å²) < 4.78 is 6.61. The Morgan fingerprint density at radius 2 is 1.86 bits per heavy atom. The highest BCUT2D eigenvalue weighted by Crippen LogP contribution is 2.20. The maximum Gasteiger partial charge on any atom is 0.338 e. The summed E-state index contributed by atoms with van der Waals surface area (Å²) in [7, 11) is 0. The van der Waals surface area contributed by atoms with Crippen molar-refractivity contribution in [1.29, 1.82) is 0 Å². The molecule has 0 unspecified atom stereocenters. The van der Waals surface area contributed by atoms with Crippen LogP contribution in [0.5, 0.6) is 0 Å². The number of benzene rings is 2. The van der Waals surface area contributed by atoms with Gasteiger partial charge in [-0.1, -0.05) is 30.3 Å². The number of ether oxygens (including phenoxy) is 1. The third-order valence-corrected chi connectivity index (χ3v) is 4.86. The SMILES string of the molecule is CCCOC(=O)c1ccc(NC(=O)CSc2nnnn2-c2ccc(Cl)cc2)cc1. The molecule has 1 N–H and O–H groups in total. The predicted molar refractivity (Wildman–Crippen MR) is 111 cm³/mol. The summed E-state index contributed by atoms with van der Waals surface area (Å²) in [5.41, 5.74) is 1.76. The fraction of sp³-hybridized carbons (Fsp3) is 0.211. The molecule has 3 aromatic rings. The van der Waals surface area contributed by atoms with Crippen LogP contribution < -0.4 is 5.32 Å². The summed E-state index contributed by atoms with van der Waals surface area (Å²) in [6.07, 6.45) is 0.763. The van der Waals surface area contributed by atoms with E-state index in [1.165, 1.54) is 16.4 Å². The van der Waals surface area contributed by atoms with Gasteiger partial charge in [0.05, 0.1) is 23.6 Å². The predicted octanol–water partition coefficient (Wildman–Crippen LogP) is 3.61. The van der Waals surface area contributed by atoms with Crippen molar-refractivity contribution in [3.63, 3.8) is 0 Å². The first kappa shape index (κ1) is 20.8. The molecule has 0 aliphatic rings. The van der Waals surface area contributed by atoms with Crippen molar-refractivity contribution in [2.75, 3.05) is 17.7 Å². The third-order valence-electron chi connectivity index (χ3n) is 3.69. The molecule has 150 valence electrons. The Balaban J connectivity index is 1.55. The number of halogens is 1. The van der Waals surface area contributed by atoms with E-state index in [0.29, 0.717) is 28.0 Å². The van der Waals surface area contributed by atoms with E-state index >= 15 is 0 Å². The fourth-order valence-electron chi connectivity index (χ4n) is 2.31. The minimum atomic E-state index is -0.380. The van der Waals surface area contributed by atoms with Crippen LogP contribution >= 0.6 is 23.4 Å². The molecule has 8 nitrogen and oxygen atoms in total. The molecule has 0 saturated heterocycles. The number of tetrazole rings is 1. The molecule has 0 fully saturated rings. The van der Waals surface area contributed by atoms with Gasteiger partial charge in [-0.2, -0.15) is 4.68 Å². The van der Waals surface area contributed by atoms with Gasteiger partial charge in [0.25, 0.3) is 0 Å². The van der Waals surface area contributed by atoms with E-state index in [2.05, 4.69) is 20.8 Å². The Morgan fingerprint density at radius 3 is 2.55 bits per heavy atom. The van der Waals surface area contributed by atoms with Crippen LogP contribution in [-0.2, 0) is 9.53 Å². The average Bonchev–Trinajstić information content (AvgIpc) is 3.20. The molecule has 0 spiro atoms. The summed E-state index contributed by atoms with van der Waals surface area (Å²) in [6, 6.07) is 13.6. The summed E-state index contributed by atoms with van der Waals surface area (Å²) in [6.45, 7) is 2.31. The molecule has 2 aromatic carbocycles. The number of nitrogens with zero attached hydrogens (tertiary/aromatic N) is 4. The minimum absolute atomic E-state index is 0.119. The number of rotatable bonds is 8. The van der Waals surface area contributed by atoms with E-state index in [1.54, 1.807) is 48.5 Å². The van der Waals surface area contributed by atoms with E-state index < -0.39 is 0 Å². The third kappa shape index (κ3) is 5.78. The largest absolute Gasteiger partial charge is 0.462 e. The maximum atomic E-state index is 12.2. The van der Waals surface area contributed by atoms with Gasteiger partial charge < -0.3 is 10.1 Å². The van der Waals surface area contributed by atoms with Crippen molar-refractivity contribution in [2.24, 2.45) is 0 Å². The highest BCUT2D eigenvalue weighted by molar-refractivity contribution is 7.99. The van der Waals surface area contributed by atoms with E-state index in [0.717, 1.165) is 12.1 Å². The molecule has 10 heteroatoms. The number of esters is 1. The first-order valence-electron chi connectivity index (χ1n) is 8.81. The molecule has 29 heavy (non-hydrogen) atoms. The van der Waals surface area contributed by atoms with Crippen molar-refractivity contribution < 1.29 is 14.3 Å². The summed E-state index contributed by atoms with van der Waals surface area (Å²) >= 11 is 7.10.